The van der Waals surface area contributed by atoms with Crippen LogP contribution >= 0.6 is 27.3 Å². The molecular weight excluding hydrogens is 348 g/mol. The number of benzene rings is 2. The van der Waals surface area contributed by atoms with Crippen molar-refractivity contribution in [2.45, 2.75) is 0 Å². The Kier molecular flexibility index (Phi) is 3.95. The normalized spacial score (nSPS) is 11.3. The van der Waals surface area contributed by atoms with Gasteiger partial charge in [-0.25, -0.2) is 4.98 Å². The summed E-state index contributed by atoms with van der Waals surface area (Å²) in [4.78, 5) is 4.43. The van der Waals surface area contributed by atoms with Crippen molar-refractivity contribution in [1.29, 1.82) is 5.26 Å². The number of nitrogens with zero attached hydrogens (tertiary/aromatic N) is 3. The molecule has 0 unspecified atom stereocenters. The number of anilines is 1. The third-order valence-electron chi connectivity index (χ3n) is 2.72. The van der Waals surface area contributed by atoms with Gasteiger partial charge in [0.05, 0.1) is 15.9 Å². The highest BCUT2D eigenvalue weighted by Gasteiger charge is 2.09. The molecular formula is C15H9BrN4S. The van der Waals surface area contributed by atoms with Crippen molar-refractivity contribution in [2.24, 2.45) is 5.10 Å². The van der Waals surface area contributed by atoms with Crippen molar-refractivity contribution < 1.29 is 0 Å². The average Bonchev–Trinajstić information content (AvgIpc) is 2.91. The summed E-state index contributed by atoms with van der Waals surface area (Å²) in [6.07, 6.45) is 0. The number of halogens is 1. The molecule has 21 heavy (non-hydrogen) atoms. The van der Waals surface area contributed by atoms with E-state index in [0.29, 0.717) is 5.01 Å². The van der Waals surface area contributed by atoms with Gasteiger partial charge in [0.15, 0.2) is 10.7 Å². The zero-order chi connectivity index (χ0) is 14.7. The number of nitrogens with one attached hydrogen (secondary N) is 1. The highest BCUT2D eigenvalue weighted by atomic mass is 79.9. The average molecular weight is 357 g/mol. The van der Waals surface area contributed by atoms with Crippen LogP contribution in [0.3, 0.4) is 0 Å². The number of fused-ring (bicyclic) bond motifs is 1. The van der Waals surface area contributed by atoms with Crippen molar-refractivity contribution in [1.82, 2.24) is 4.98 Å². The Hall–Kier alpha value is -2.23. The summed E-state index contributed by atoms with van der Waals surface area (Å²) in [5.41, 5.74) is 4.84. The topological polar surface area (TPSA) is 61.1 Å². The zero-order valence-corrected chi connectivity index (χ0v) is 13.1. The second-order valence-electron chi connectivity index (χ2n) is 4.18. The summed E-state index contributed by atoms with van der Waals surface area (Å²) in [7, 11) is 0. The standard InChI is InChI=1S/C15H9BrN4S/c16-10-4-3-5-11(8-10)19-20-13(9-17)15-18-12-6-1-2-7-14(12)21-15/h1-8,19H/b20-13+. The van der Waals surface area contributed by atoms with E-state index in [-0.39, 0.29) is 5.71 Å². The number of nitriles is 1. The van der Waals surface area contributed by atoms with Gasteiger partial charge in [-0.3, -0.25) is 5.43 Å². The van der Waals surface area contributed by atoms with Crippen molar-refractivity contribution >= 4 is 48.9 Å². The zero-order valence-electron chi connectivity index (χ0n) is 10.7. The van der Waals surface area contributed by atoms with Gasteiger partial charge in [0.2, 0.25) is 0 Å². The van der Waals surface area contributed by atoms with E-state index in [1.165, 1.54) is 11.3 Å². The van der Waals surface area contributed by atoms with Crippen LogP contribution < -0.4 is 5.43 Å². The van der Waals surface area contributed by atoms with Gasteiger partial charge in [0.1, 0.15) is 6.07 Å². The lowest BCUT2D eigenvalue weighted by Crippen LogP contribution is -2.01. The lowest BCUT2D eigenvalue weighted by atomic mass is 10.3. The number of hydrogen-bond donors (Lipinski definition) is 1. The minimum Gasteiger partial charge on any atom is -0.277 e. The van der Waals surface area contributed by atoms with Crippen molar-refractivity contribution in [2.75, 3.05) is 5.43 Å². The van der Waals surface area contributed by atoms with Gasteiger partial charge in [-0.1, -0.05) is 34.1 Å². The molecule has 0 saturated heterocycles. The van der Waals surface area contributed by atoms with Crippen LogP contribution in [0.15, 0.2) is 58.1 Å². The molecule has 0 aliphatic carbocycles. The van der Waals surface area contributed by atoms with Crippen molar-refractivity contribution in [3.63, 3.8) is 0 Å². The molecule has 0 amide bonds. The van der Waals surface area contributed by atoms with E-state index in [4.69, 9.17) is 0 Å². The predicted octanol–water partition coefficient (Wildman–Crippen LogP) is 4.40. The number of rotatable bonds is 3. The summed E-state index contributed by atoms with van der Waals surface area (Å²) in [5.74, 6) is 0. The smallest absolute Gasteiger partial charge is 0.196 e. The minimum atomic E-state index is 0.274. The Morgan fingerprint density at radius 3 is 2.86 bits per heavy atom. The summed E-state index contributed by atoms with van der Waals surface area (Å²) in [6, 6.07) is 17.4. The Morgan fingerprint density at radius 2 is 2.10 bits per heavy atom. The third-order valence-corrected chi connectivity index (χ3v) is 4.26. The van der Waals surface area contributed by atoms with Crippen LogP contribution in [0.5, 0.6) is 0 Å². The fraction of sp³-hybridized carbons (Fsp3) is 0. The molecule has 1 aromatic heterocycles. The second kappa shape index (κ2) is 6.04. The van der Waals surface area contributed by atoms with Crippen LogP contribution in [0.2, 0.25) is 0 Å². The molecule has 0 aliphatic rings. The largest absolute Gasteiger partial charge is 0.277 e. The van der Waals surface area contributed by atoms with E-state index in [0.717, 1.165) is 20.4 Å². The monoisotopic (exact) mass is 356 g/mol. The number of hydrogen-bond acceptors (Lipinski definition) is 5. The molecule has 102 valence electrons. The first-order valence-electron chi connectivity index (χ1n) is 6.11. The molecule has 0 spiro atoms. The fourth-order valence-corrected chi connectivity index (χ4v) is 3.08. The van der Waals surface area contributed by atoms with Crippen LogP contribution in [-0.4, -0.2) is 10.7 Å². The molecule has 0 radical (unpaired) electrons. The van der Waals surface area contributed by atoms with Gasteiger partial charge >= 0.3 is 0 Å². The summed E-state index contributed by atoms with van der Waals surface area (Å²) in [5, 5.41) is 14.0. The van der Waals surface area contributed by atoms with Crippen molar-refractivity contribution in [3.8, 4) is 6.07 Å². The van der Waals surface area contributed by atoms with Gasteiger partial charge in [0, 0.05) is 4.47 Å². The van der Waals surface area contributed by atoms with Crippen LogP contribution in [0.25, 0.3) is 10.2 Å². The highest BCUT2D eigenvalue weighted by molar-refractivity contribution is 9.10. The fourth-order valence-electron chi connectivity index (χ4n) is 1.77. The van der Waals surface area contributed by atoms with Gasteiger partial charge < -0.3 is 0 Å². The minimum absolute atomic E-state index is 0.274. The first-order chi connectivity index (χ1) is 10.3. The Bertz CT molecular complexity index is 830. The molecule has 2 aromatic carbocycles. The lowest BCUT2D eigenvalue weighted by Gasteiger charge is -2.00. The molecule has 1 heterocycles. The van der Waals surface area contributed by atoms with Gasteiger partial charge in [-0.15, -0.1) is 11.3 Å². The van der Waals surface area contributed by atoms with Crippen molar-refractivity contribution in [3.05, 3.63) is 58.0 Å². The third kappa shape index (κ3) is 3.10. The molecule has 3 rings (SSSR count). The Labute approximate surface area is 133 Å². The molecule has 1 N–H and O–H groups in total. The summed E-state index contributed by atoms with van der Waals surface area (Å²) < 4.78 is 1.99. The molecule has 0 aliphatic heterocycles. The van der Waals surface area contributed by atoms with E-state index in [2.05, 4.69) is 37.5 Å². The first kappa shape index (κ1) is 13.7. The van der Waals surface area contributed by atoms with E-state index in [9.17, 15) is 5.26 Å². The Morgan fingerprint density at radius 1 is 1.24 bits per heavy atom. The molecule has 6 heteroatoms. The number of thiazole rings is 1. The Balaban J connectivity index is 1.91. The van der Waals surface area contributed by atoms with Gasteiger partial charge in [-0.05, 0) is 30.3 Å². The van der Waals surface area contributed by atoms with Crippen LogP contribution in [0.1, 0.15) is 5.01 Å². The van der Waals surface area contributed by atoms with E-state index in [1.54, 1.807) is 0 Å². The lowest BCUT2D eigenvalue weighted by molar-refractivity contribution is 1.32. The maximum Gasteiger partial charge on any atom is 0.196 e. The molecule has 4 nitrogen and oxygen atoms in total. The van der Waals surface area contributed by atoms with Crippen LogP contribution in [0, 0.1) is 11.3 Å². The number of para-hydroxylation sites is 1. The SMILES string of the molecule is N#C/C(=N\Nc1cccc(Br)c1)c1nc2ccccc2s1. The highest BCUT2D eigenvalue weighted by Crippen LogP contribution is 2.22. The molecule has 3 aromatic rings. The number of aromatic nitrogens is 1. The van der Waals surface area contributed by atoms with Gasteiger partial charge in [0.25, 0.3) is 0 Å². The van der Waals surface area contributed by atoms with Gasteiger partial charge in [-0.2, -0.15) is 10.4 Å². The quantitative estimate of drug-likeness (QED) is 0.558. The molecule has 0 fully saturated rings. The van der Waals surface area contributed by atoms with Crippen LogP contribution in [-0.2, 0) is 0 Å². The first-order valence-corrected chi connectivity index (χ1v) is 7.72. The van der Waals surface area contributed by atoms with E-state index >= 15 is 0 Å². The second-order valence-corrected chi connectivity index (χ2v) is 6.13. The molecule has 0 saturated carbocycles. The maximum atomic E-state index is 9.27. The van der Waals surface area contributed by atoms with E-state index < -0.39 is 0 Å². The van der Waals surface area contributed by atoms with Crippen LogP contribution in [0.4, 0.5) is 5.69 Å². The summed E-state index contributed by atoms with van der Waals surface area (Å²) >= 11 is 4.85. The molecule has 0 atom stereocenters. The van der Waals surface area contributed by atoms with E-state index in [1.807, 2.05) is 48.5 Å². The molecule has 0 bridgehead atoms. The maximum absolute atomic E-state index is 9.27. The summed E-state index contributed by atoms with van der Waals surface area (Å²) in [6.45, 7) is 0. The number of hydrazone groups is 1. The predicted molar refractivity (Wildman–Crippen MR) is 89.5 cm³/mol.